The van der Waals surface area contributed by atoms with Gasteiger partial charge in [0.1, 0.15) is 11.6 Å². The third-order valence-corrected chi connectivity index (χ3v) is 6.44. The molecule has 0 spiro atoms. The van der Waals surface area contributed by atoms with E-state index in [2.05, 4.69) is 9.89 Å². The molecule has 8 heteroatoms. The van der Waals surface area contributed by atoms with Crippen molar-refractivity contribution in [3.8, 4) is 5.75 Å². The summed E-state index contributed by atoms with van der Waals surface area (Å²) in [5, 5.41) is 0.737. The Labute approximate surface area is 157 Å². The van der Waals surface area contributed by atoms with Gasteiger partial charge in [0.25, 0.3) is 5.91 Å². The van der Waals surface area contributed by atoms with Gasteiger partial charge in [-0.2, -0.15) is 4.99 Å². The van der Waals surface area contributed by atoms with Gasteiger partial charge in [0, 0.05) is 30.9 Å². The summed E-state index contributed by atoms with van der Waals surface area (Å²) in [5.41, 5.74) is 0.613. The number of thioether (sulfide) groups is 1. The van der Waals surface area contributed by atoms with Crippen LogP contribution in [0.4, 0.5) is 4.39 Å². The summed E-state index contributed by atoms with van der Waals surface area (Å²) >= 11 is 1.35. The number of rotatable bonds is 5. The second-order valence-electron chi connectivity index (χ2n) is 6.83. The summed E-state index contributed by atoms with van der Waals surface area (Å²) in [5.74, 6) is -0.356. The Bertz CT molecular complexity index is 813. The minimum Gasteiger partial charge on any atom is -0.492 e. The van der Waals surface area contributed by atoms with E-state index in [1.54, 1.807) is 25.5 Å². The van der Waals surface area contributed by atoms with E-state index in [0.717, 1.165) is 31.1 Å². The quantitative estimate of drug-likeness (QED) is 0.558. The van der Waals surface area contributed by atoms with Gasteiger partial charge in [-0.15, -0.1) is 0 Å². The largest absolute Gasteiger partial charge is 0.492 e. The van der Waals surface area contributed by atoms with E-state index >= 15 is 0 Å². The van der Waals surface area contributed by atoms with Crippen LogP contribution < -0.4 is 4.74 Å². The Balaban J connectivity index is 1.75. The van der Waals surface area contributed by atoms with E-state index in [4.69, 9.17) is 4.74 Å². The molecule has 1 fully saturated rings. The van der Waals surface area contributed by atoms with Crippen molar-refractivity contribution in [2.24, 2.45) is 4.99 Å². The third kappa shape index (κ3) is 4.98. The molecular weight excluding hydrogens is 374 g/mol. The molecule has 2 aliphatic heterocycles. The van der Waals surface area contributed by atoms with E-state index in [1.165, 1.54) is 23.9 Å². The molecule has 1 amide bonds. The van der Waals surface area contributed by atoms with Crippen molar-refractivity contribution < 1.29 is 18.5 Å². The molecule has 1 aromatic rings. The molecule has 5 nitrogen and oxygen atoms in total. The first-order valence-electron chi connectivity index (χ1n) is 8.56. The first kappa shape index (κ1) is 19.2. The van der Waals surface area contributed by atoms with Gasteiger partial charge in [0.2, 0.25) is 0 Å². The van der Waals surface area contributed by atoms with Gasteiger partial charge in [-0.3, -0.25) is 4.79 Å². The number of hydrogen-bond donors (Lipinski definition) is 0. The highest BCUT2D eigenvalue weighted by Crippen LogP contribution is 2.36. The maximum atomic E-state index is 13.6. The fraction of sp³-hybridized carbons (Fsp3) is 0.444. The number of ether oxygens (including phenoxy) is 1. The fourth-order valence-electron chi connectivity index (χ4n) is 2.71. The standard InChI is InChI=1S/C18H22FN2O3PS/c1-25(2,23)10-9-24-15-12-14(19)6-5-13(15)11-16-17(22)20-18(26-16)21-7-3-4-8-21/h5-6,11-12H,3-4,7-10H2,1-2H3/b16-11-. The zero-order chi connectivity index (χ0) is 18.7. The zero-order valence-electron chi connectivity index (χ0n) is 14.9. The molecule has 0 atom stereocenters. The second kappa shape index (κ2) is 7.97. The minimum absolute atomic E-state index is 0.237. The fourth-order valence-corrected chi connectivity index (χ4v) is 4.20. The molecule has 3 rings (SSSR count). The summed E-state index contributed by atoms with van der Waals surface area (Å²) < 4.78 is 31.1. The van der Waals surface area contributed by atoms with Gasteiger partial charge in [-0.25, -0.2) is 4.39 Å². The number of amidine groups is 1. The van der Waals surface area contributed by atoms with Gasteiger partial charge in [-0.1, -0.05) is 0 Å². The van der Waals surface area contributed by atoms with Crippen molar-refractivity contribution in [3.05, 3.63) is 34.5 Å². The van der Waals surface area contributed by atoms with Crippen molar-refractivity contribution in [3.63, 3.8) is 0 Å². The summed E-state index contributed by atoms with van der Waals surface area (Å²) in [6.07, 6.45) is 4.32. The van der Waals surface area contributed by atoms with E-state index in [-0.39, 0.29) is 12.5 Å². The van der Waals surface area contributed by atoms with Crippen LogP contribution in [0.1, 0.15) is 18.4 Å². The van der Waals surface area contributed by atoms with E-state index in [1.807, 2.05) is 0 Å². The molecule has 0 saturated carbocycles. The van der Waals surface area contributed by atoms with Gasteiger partial charge < -0.3 is 14.2 Å². The smallest absolute Gasteiger partial charge is 0.286 e. The lowest BCUT2D eigenvalue weighted by atomic mass is 10.2. The number of likely N-dealkylation sites (tertiary alicyclic amines) is 1. The third-order valence-electron chi connectivity index (χ3n) is 4.14. The SMILES string of the molecule is CP(C)(=O)CCOc1cc(F)ccc1/C=C1\SC(N2CCCC2)=NC1=O. The van der Waals surface area contributed by atoms with Crippen LogP contribution in [0.25, 0.3) is 6.08 Å². The Morgan fingerprint density at radius 3 is 2.77 bits per heavy atom. The van der Waals surface area contributed by atoms with Crippen LogP contribution in [-0.4, -0.2) is 55.2 Å². The average Bonchev–Trinajstić information content (AvgIpc) is 3.19. The van der Waals surface area contributed by atoms with Crippen LogP contribution in [0.2, 0.25) is 0 Å². The van der Waals surface area contributed by atoms with Gasteiger partial charge in [0.05, 0.1) is 18.7 Å². The predicted octanol–water partition coefficient (Wildman–Crippen LogP) is 3.89. The average molecular weight is 396 g/mol. The van der Waals surface area contributed by atoms with Gasteiger partial charge in [0.15, 0.2) is 5.17 Å². The van der Waals surface area contributed by atoms with Crippen molar-refractivity contribution >= 4 is 36.1 Å². The van der Waals surface area contributed by atoms with Crippen molar-refractivity contribution in [1.82, 2.24) is 4.90 Å². The van der Waals surface area contributed by atoms with Crippen LogP contribution in [0, 0.1) is 5.82 Å². The normalized spacial score (nSPS) is 19.3. The number of amides is 1. The number of carbonyl (C=O) groups excluding carboxylic acids is 1. The molecule has 2 aliphatic rings. The molecule has 1 aromatic carbocycles. The number of hydrogen-bond acceptors (Lipinski definition) is 5. The summed E-state index contributed by atoms with van der Waals surface area (Å²) in [4.78, 5) is 19.0. The highest BCUT2D eigenvalue weighted by atomic mass is 32.2. The Hall–Kier alpha value is -1.59. The number of halogens is 1. The van der Waals surface area contributed by atoms with Crippen molar-refractivity contribution in [2.45, 2.75) is 12.8 Å². The van der Waals surface area contributed by atoms with Gasteiger partial charge in [-0.05, 0) is 56.1 Å². The molecule has 0 radical (unpaired) electrons. The Morgan fingerprint density at radius 2 is 2.08 bits per heavy atom. The molecule has 0 unspecified atom stereocenters. The van der Waals surface area contributed by atoms with E-state index in [0.29, 0.717) is 22.4 Å². The topological polar surface area (TPSA) is 59.0 Å². The van der Waals surface area contributed by atoms with Crippen molar-refractivity contribution in [1.29, 1.82) is 0 Å². The van der Waals surface area contributed by atoms with Crippen LogP contribution in [0.5, 0.6) is 5.75 Å². The maximum Gasteiger partial charge on any atom is 0.286 e. The summed E-state index contributed by atoms with van der Waals surface area (Å²) in [6.45, 7) is 5.46. The molecular formula is C18H22FN2O3PS. The second-order valence-corrected chi connectivity index (χ2v) is 11.4. The van der Waals surface area contributed by atoms with Crippen LogP contribution >= 0.6 is 18.9 Å². The minimum atomic E-state index is -2.21. The molecule has 1 saturated heterocycles. The number of aliphatic imine (C=N–C) groups is 1. The summed E-state index contributed by atoms with van der Waals surface area (Å²) in [6, 6.07) is 4.20. The predicted molar refractivity (Wildman–Crippen MR) is 105 cm³/mol. The molecule has 0 N–H and O–H groups in total. The molecule has 140 valence electrons. The first-order chi connectivity index (χ1) is 12.3. The van der Waals surface area contributed by atoms with E-state index in [9.17, 15) is 13.8 Å². The van der Waals surface area contributed by atoms with Crippen LogP contribution in [-0.2, 0) is 9.36 Å². The summed E-state index contributed by atoms with van der Waals surface area (Å²) in [7, 11) is -2.21. The molecule has 0 aromatic heterocycles. The first-order valence-corrected chi connectivity index (χ1v) is 12.2. The molecule has 0 aliphatic carbocycles. The Kier molecular flexibility index (Phi) is 5.88. The molecule has 2 heterocycles. The van der Waals surface area contributed by atoms with Crippen LogP contribution in [0.3, 0.4) is 0 Å². The van der Waals surface area contributed by atoms with Crippen molar-refractivity contribution in [2.75, 3.05) is 39.2 Å². The Morgan fingerprint density at radius 1 is 1.35 bits per heavy atom. The molecule has 26 heavy (non-hydrogen) atoms. The van der Waals surface area contributed by atoms with Crippen LogP contribution in [0.15, 0.2) is 28.1 Å². The maximum absolute atomic E-state index is 13.6. The van der Waals surface area contributed by atoms with Gasteiger partial charge >= 0.3 is 0 Å². The highest BCUT2D eigenvalue weighted by molar-refractivity contribution is 8.18. The lowest BCUT2D eigenvalue weighted by Gasteiger charge is -2.15. The number of benzene rings is 1. The van der Waals surface area contributed by atoms with E-state index < -0.39 is 13.0 Å². The lowest BCUT2D eigenvalue weighted by Crippen LogP contribution is -2.23. The monoisotopic (exact) mass is 396 g/mol. The number of carbonyl (C=O) groups is 1. The number of nitrogens with zero attached hydrogens (tertiary/aromatic N) is 2. The highest BCUT2D eigenvalue weighted by Gasteiger charge is 2.27. The lowest BCUT2D eigenvalue weighted by molar-refractivity contribution is -0.113. The molecule has 0 bridgehead atoms. The zero-order valence-corrected chi connectivity index (χ0v) is 16.6.